The fourth-order valence-electron chi connectivity index (χ4n) is 2.65. The zero-order valence-electron chi connectivity index (χ0n) is 16.7. The minimum atomic E-state index is -4.79. The van der Waals surface area contributed by atoms with Gasteiger partial charge in [-0.05, 0) is 43.7 Å². The largest absolute Gasteiger partial charge is 0.417 e. The fraction of sp³-hybridized carbons (Fsp3) is 0.350. The smallest absolute Gasteiger partial charge is 0.382 e. The second-order valence-corrected chi connectivity index (χ2v) is 8.66. The van der Waals surface area contributed by atoms with Crippen molar-refractivity contribution in [1.29, 1.82) is 0 Å². The van der Waals surface area contributed by atoms with E-state index >= 15 is 0 Å². The highest BCUT2D eigenvalue weighted by Crippen LogP contribution is 2.37. The number of nitrogens with zero attached hydrogens (tertiary/aromatic N) is 1. The molecular weight excluding hydrogens is 457 g/mol. The molecule has 0 heterocycles. The van der Waals surface area contributed by atoms with Crippen LogP contribution in [0.5, 0.6) is 0 Å². The predicted octanol–water partition coefficient (Wildman–Crippen LogP) is 4.10. The third-order valence-electron chi connectivity index (χ3n) is 4.15. The number of nitrogens with one attached hydrogen (secondary N) is 1. The van der Waals surface area contributed by atoms with Gasteiger partial charge in [-0.3, -0.25) is 9.10 Å². The highest BCUT2D eigenvalue weighted by atomic mass is 35.5. The van der Waals surface area contributed by atoms with Gasteiger partial charge >= 0.3 is 6.18 Å². The van der Waals surface area contributed by atoms with Crippen LogP contribution in [-0.2, 0) is 25.7 Å². The van der Waals surface area contributed by atoms with Crippen molar-refractivity contribution in [2.75, 3.05) is 30.6 Å². The van der Waals surface area contributed by atoms with Gasteiger partial charge in [-0.25, -0.2) is 8.42 Å². The quantitative estimate of drug-likeness (QED) is 0.522. The van der Waals surface area contributed by atoms with Gasteiger partial charge in [0.05, 0.1) is 21.2 Å². The number of hydrogen-bond donors (Lipinski definition) is 1. The summed E-state index contributed by atoms with van der Waals surface area (Å²) >= 11 is 5.65. The molecule has 0 spiro atoms. The van der Waals surface area contributed by atoms with Crippen molar-refractivity contribution in [3.05, 3.63) is 59.1 Å². The second-order valence-electron chi connectivity index (χ2n) is 6.39. The molecule has 6 nitrogen and oxygen atoms in total. The molecule has 1 amide bonds. The molecule has 0 saturated carbocycles. The van der Waals surface area contributed by atoms with E-state index in [0.29, 0.717) is 30.0 Å². The summed E-state index contributed by atoms with van der Waals surface area (Å²) in [5.74, 6) is -0.667. The maximum atomic E-state index is 13.3. The predicted molar refractivity (Wildman–Crippen MR) is 112 cm³/mol. The van der Waals surface area contributed by atoms with Crippen LogP contribution < -0.4 is 9.62 Å². The van der Waals surface area contributed by atoms with Crippen molar-refractivity contribution in [3.63, 3.8) is 0 Å². The molecule has 0 atom stereocenters. The Labute approximate surface area is 184 Å². The molecule has 170 valence electrons. The number of benzene rings is 2. The van der Waals surface area contributed by atoms with Crippen LogP contribution in [-0.4, -0.2) is 40.6 Å². The summed E-state index contributed by atoms with van der Waals surface area (Å²) in [6, 6.07) is 9.83. The topological polar surface area (TPSA) is 75.7 Å². The van der Waals surface area contributed by atoms with Crippen molar-refractivity contribution >= 4 is 33.2 Å². The number of anilines is 1. The van der Waals surface area contributed by atoms with E-state index < -0.39 is 39.2 Å². The average Bonchev–Trinajstić information content (AvgIpc) is 2.72. The van der Waals surface area contributed by atoms with E-state index in [1.54, 1.807) is 6.07 Å². The minimum Gasteiger partial charge on any atom is -0.382 e. The van der Waals surface area contributed by atoms with Gasteiger partial charge in [0.15, 0.2) is 0 Å². The molecule has 2 aromatic rings. The fourth-order valence-corrected chi connectivity index (χ4v) is 4.31. The van der Waals surface area contributed by atoms with Crippen LogP contribution in [0.2, 0.25) is 5.02 Å². The first kappa shape index (κ1) is 25.0. The number of ether oxygens (including phenoxy) is 1. The Balaban J connectivity index is 2.37. The van der Waals surface area contributed by atoms with Crippen molar-refractivity contribution < 1.29 is 31.1 Å². The van der Waals surface area contributed by atoms with Crippen LogP contribution >= 0.6 is 11.6 Å². The molecule has 0 saturated heterocycles. The van der Waals surface area contributed by atoms with E-state index in [0.717, 1.165) is 12.1 Å². The molecule has 0 aromatic heterocycles. The average molecular weight is 479 g/mol. The van der Waals surface area contributed by atoms with Crippen molar-refractivity contribution in [3.8, 4) is 0 Å². The lowest BCUT2D eigenvalue weighted by molar-refractivity contribution is -0.137. The molecule has 2 rings (SSSR count). The number of hydrogen-bond acceptors (Lipinski definition) is 4. The van der Waals surface area contributed by atoms with Gasteiger partial charge < -0.3 is 10.1 Å². The van der Waals surface area contributed by atoms with Gasteiger partial charge in [0, 0.05) is 19.8 Å². The van der Waals surface area contributed by atoms with Crippen molar-refractivity contribution in [2.24, 2.45) is 0 Å². The SMILES string of the molecule is CCOCCCNC(=O)CN(c1ccc(Cl)c(C(F)(F)F)c1)S(=O)(=O)c1ccccc1. The molecule has 1 N–H and O–H groups in total. The Morgan fingerprint density at radius 2 is 1.84 bits per heavy atom. The number of amides is 1. The number of alkyl halides is 3. The van der Waals surface area contributed by atoms with Crippen LogP contribution in [0.1, 0.15) is 18.9 Å². The third kappa shape index (κ3) is 6.84. The normalized spacial score (nSPS) is 11.9. The van der Waals surface area contributed by atoms with Crippen LogP contribution in [0.3, 0.4) is 0 Å². The highest BCUT2D eigenvalue weighted by molar-refractivity contribution is 7.92. The summed E-state index contributed by atoms with van der Waals surface area (Å²) in [4.78, 5) is 12.2. The lowest BCUT2D eigenvalue weighted by Crippen LogP contribution is -2.41. The van der Waals surface area contributed by atoms with E-state index in [2.05, 4.69) is 5.32 Å². The first-order valence-corrected chi connectivity index (χ1v) is 11.2. The van der Waals surface area contributed by atoms with Gasteiger partial charge in [0.25, 0.3) is 10.0 Å². The standard InChI is InChI=1S/C20H22ClF3N2O4S/c1-2-30-12-6-11-25-19(27)14-26(31(28,29)16-7-4-3-5-8-16)15-9-10-18(21)17(13-15)20(22,23)24/h3-5,7-10,13H,2,6,11-12,14H2,1H3,(H,25,27). The van der Waals surface area contributed by atoms with E-state index in [1.165, 1.54) is 24.3 Å². The zero-order chi connectivity index (χ0) is 23.1. The van der Waals surface area contributed by atoms with Gasteiger partial charge in [-0.15, -0.1) is 0 Å². The summed E-state index contributed by atoms with van der Waals surface area (Å²) in [6.07, 6.45) is -4.29. The first-order valence-electron chi connectivity index (χ1n) is 9.36. The lowest BCUT2D eigenvalue weighted by Gasteiger charge is -2.25. The summed E-state index contributed by atoms with van der Waals surface area (Å²) in [5.41, 5.74) is -1.53. The van der Waals surface area contributed by atoms with Crippen LogP contribution in [0, 0.1) is 0 Å². The van der Waals surface area contributed by atoms with Gasteiger partial charge in [0.1, 0.15) is 6.54 Å². The molecule has 0 aliphatic rings. The van der Waals surface area contributed by atoms with Crippen LogP contribution in [0.15, 0.2) is 53.4 Å². The number of carbonyl (C=O) groups is 1. The van der Waals surface area contributed by atoms with Gasteiger partial charge in [0.2, 0.25) is 5.91 Å². The van der Waals surface area contributed by atoms with E-state index in [1.807, 2.05) is 6.92 Å². The molecule has 0 radical (unpaired) electrons. The number of halogens is 4. The maximum absolute atomic E-state index is 13.3. The van der Waals surface area contributed by atoms with Gasteiger partial charge in [-0.1, -0.05) is 29.8 Å². The van der Waals surface area contributed by atoms with E-state index in [4.69, 9.17) is 16.3 Å². The minimum absolute atomic E-state index is 0.164. The molecular formula is C20H22ClF3N2O4S. The summed E-state index contributed by atoms with van der Waals surface area (Å²) in [7, 11) is -4.33. The Bertz CT molecular complexity index is 986. The summed E-state index contributed by atoms with van der Waals surface area (Å²) < 4.78 is 72.0. The van der Waals surface area contributed by atoms with Crippen molar-refractivity contribution in [1.82, 2.24) is 5.32 Å². The van der Waals surface area contributed by atoms with Crippen molar-refractivity contribution in [2.45, 2.75) is 24.4 Å². The Kier molecular flexibility index (Phi) is 8.72. The first-order chi connectivity index (χ1) is 14.6. The molecule has 0 aliphatic heterocycles. The number of carbonyl (C=O) groups excluding carboxylic acids is 1. The number of rotatable bonds is 10. The summed E-state index contributed by atoms with van der Waals surface area (Å²) in [6.45, 7) is 2.29. The molecule has 2 aromatic carbocycles. The highest BCUT2D eigenvalue weighted by Gasteiger charge is 2.35. The van der Waals surface area contributed by atoms with E-state index in [-0.39, 0.29) is 17.1 Å². The Hall–Kier alpha value is -2.30. The zero-order valence-corrected chi connectivity index (χ0v) is 18.2. The molecule has 0 bridgehead atoms. The second kappa shape index (κ2) is 10.8. The Morgan fingerprint density at radius 1 is 1.16 bits per heavy atom. The molecule has 0 unspecified atom stereocenters. The van der Waals surface area contributed by atoms with E-state index in [9.17, 15) is 26.4 Å². The molecule has 31 heavy (non-hydrogen) atoms. The number of sulfonamides is 1. The van der Waals surface area contributed by atoms with Gasteiger partial charge in [-0.2, -0.15) is 13.2 Å². The summed E-state index contributed by atoms with van der Waals surface area (Å²) in [5, 5.41) is 1.97. The maximum Gasteiger partial charge on any atom is 0.417 e. The van der Waals surface area contributed by atoms with Crippen LogP contribution in [0.4, 0.5) is 18.9 Å². The Morgan fingerprint density at radius 3 is 2.45 bits per heavy atom. The van der Waals surface area contributed by atoms with Crippen LogP contribution in [0.25, 0.3) is 0 Å². The monoisotopic (exact) mass is 478 g/mol. The lowest BCUT2D eigenvalue weighted by atomic mass is 10.2. The molecule has 0 aliphatic carbocycles. The third-order valence-corrected chi connectivity index (χ3v) is 6.27. The molecule has 11 heteroatoms. The molecule has 0 fully saturated rings.